The van der Waals surface area contributed by atoms with Gasteiger partial charge in [0.25, 0.3) is 0 Å². The van der Waals surface area contributed by atoms with E-state index in [2.05, 4.69) is 24.2 Å². The number of nitrogens with zero attached hydrogens (tertiary/aromatic N) is 1. The topological polar surface area (TPSA) is 35.5 Å². The van der Waals surface area contributed by atoms with E-state index in [9.17, 15) is 5.11 Å². The molecule has 1 fully saturated rings. The van der Waals surface area contributed by atoms with E-state index >= 15 is 0 Å². The maximum Gasteiger partial charge on any atom is 0.0662 e. The lowest BCUT2D eigenvalue weighted by atomic mass is 9.92. The summed E-state index contributed by atoms with van der Waals surface area (Å²) in [5.74, 6) is 0.743. The van der Waals surface area contributed by atoms with Crippen LogP contribution in [-0.4, -0.2) is 48.8 Å². The predicted octanol–water partition coefficient (Wildman–Crippen LogP) is 1.08. The number of aliphatic hydroxyl groups is 1. The molecule has 3 nitrogen and oxygen atoms in total. The van der Waals surface area contributed by atoms with E-state index in [1.165, 1.54) is 25.9 Å². The van der Waals surface area contributed by atoms with E-state index in [0.29, 0.717) is 6.04 Å². The van der Waals surface area contributed by atoms with Crippen molar-refractivity contribution in [2.45, 2.75) is 45.3 Å². The van der Waals surface area contributed by atoms with Crippen molar-refractivity contribution >= 4 is 0 Å². The van der Waals surface area contributed by atoms with Crippen LogP contribution in [0.3, 0.4) is 0 Å². The number of piperidine rings is 1. The van der Waals surface area contributed by atoms with Crippen LogP contribution in [0, 0.1) is 5.92 Å². The summed E-state index contributed by atoms with van der Waals surface area (Å²) < 4.78 is 0. The molecule has 0 radical (unpaired) electrons. The van der Waals surface area contributed by atoms with E-state index in [0.717, 1.165) is 18.9 Å². The van der Waals surface area contributed by atoms with Crippen molar-refractivity contribution < 1.29 is 5.11 Å². The Bertz CT molecular complexity index is 175. The molecule has 0 aromatic carbocycles. The summed E-state index contributed by atoms with van der Waals surface area (Å²) in [5, 5.41) is 12.9. The van der Waals surface area contributed by atoms with Crippen molar-refractivity contribution in [2.75, 3.05) is 26.7 Å². The molecule has 2 N–H and O–H groups in total. The van der Waals surface area contributed by atoms with E-state index in [-0.39, 0.29) is 6.10 Å². The maximum absolute atomic E-state index is 9.48. The molecule has 0 aromatic rings. The molecule has 3 unspecified atom stereocenters. The monoisotopic (exact) mass is 214 g/mol. The standard InChI is InChI=1S/C12H26N2O/c1-4-12(15)8-13-10(2)11-6-5-7-14(3)9-11/h10-13,15H,4-9H2,1-3H3. The summed E-state index contributed by atoms with van der Waals surface area (Å²) in [7, 11) is 2.19. The van der Waals surface area contributed by atoms with E-state index in [4.69, 9.17) is 0 Å². The molecule has 1 saturated heterocycles. The molecule has 90 valence electrons. The molecule has 1 aliphatic rings. The largest absolute Gasteiger partial charge is 0.392 e. The van der Waals surface area contributed by atoms with Crippen molar-refractivity contribution in [1.29, 1.82) is 0 Å². The summed E-state index contributed by atoms with van der Waals surface area (Å²) in [6, 6.07) is 0.522. The lowest BCUT2D eigenvalue weighted by molar-refractivity contribution is 0.142. The first-order valence-electron chi connectivity index (χ1n) is 6.23. The highest BCUT2D eigenvalue weighted by molar-refractivity contribution is 4.79. The van der Waals surface area contributed by atoms with Crippen molar-refractivity contribution in [3.63, 3.8) is 0 Å². The molecule has 0 saturated carbocycles. The van der Waals surface area contributed by atoms with Crippen LogP contribution < -0.4 is 5.32 Å². The first-order chi connectivity index (χ1) is 7.13. The highest BCUT2D eigenvalue weighted by atomic mass is 16.3. The van der Waals surface area contributed by atoms with Crippen LogP contribution in [-0.2, 0) is 0 Å². The van der Waals surface area contributed by atoms with Gasteiger partial charge in [-0.1, -0.05) is 6.92 Å². The first kappa shape index (κ1) is 12.9. The molecule has 1 rings (SSSR count). The minimum Gasteiger partial charge on any atom is -0.392 e. The van der Waals surface area contributed by atoms with Gasteiger partial charge in [0.05, 0.1) is 6.10 Å². The van der Waals surface area contributed by atoms with Crippen molar-refractivity contribution in [1.82, 2.24) is 10.2 Å². The Balaban J connectivity index is 2.23. The highest BCUT2D eigenvalue weighted by Gasteiger charge is 2.22. The van der Waals surface area contributed by atoms with Crippen molar-refractivity contribution in [3.05, 3.63) is 0 Å². The van der Waals surface area contributed by atoms with Gasteiger partial charge >= 0.3 is 0 Å². The number of nitrogens with one attached hydrogen (secondary N) is 1. The number of hydrogen-bond donors (Lipinski definition) is 2. The third kappa shape index (κ3) is 4.49. The Kier molecular flexibility index (Phi) is 5.58. The van der Waals surface area contributed by atoms with Crippen molar-refractivity contribution in [3.8, 4) is 0 Å². The van der Waals surface area contributed by atoms with Gasteiger partial charge in [0.1, 0.15) is 0 Å². The number of aliphatic hydroxyl groups excluding tert-OH is 1. The quantitative estimate of drug-likeness (QED) is 0.719. The summed E-state index contributed by atoms with van der Waals surface area (Å²) in [6.45, 7) is 7.42. The van der Waals surface area contributed by atoms with Crippen LogP contribution in [0.1, 0.15) is 33.1 Å². The minimum atomic E-state index is -0.186. The molecule has 3 heteroatoms. The van der Waals surface area contributed by atoms with Crippen LogP contribution in [0.5, 0.6) is 0 Å². The molecule has 0 amide bonds. The van der Waals surface area contributed by atoms with Gasteiger partial charge in [-0.3, -0.25) is 0 Å². The van der Waals surface area contributed by atoms with E-state index < -0.39 is 0 Å². The Morgan fingerprint density at radius 3 is 2.87 bits per heavy atom. The second-order valence-corrected chi connectivity index (χ2v) is 4.92. The zero-order valence-electron chi connectivity index (χ0n) is 10.4. The SMILES string of the molecule is CCC(O)CNC(C)C1CCCN(C)C1. The fourth-order valence-corrected chi connectivity index (χ4v) is 2.25. The van der Waals surface area contributed by atoms with E-state index in [1.807, 2.05) is 6.92 Å². The Hall–Kier alpha value is -0.120. The second kappa shape index (κ2) is 6.46. The van der Waals surface area contributed by atoms with Crippen LogP contribution in [0.25, 0.3) is 0 Å². The normalized spacial score (nSPS) is 27.6. The molecule has 0 bridgehead atoms. The molecule has 1 heterocycles. The Morgan fingerprint density at radius 1 is 1.53 bits per heavy atom. The fourth-order valence-electron chi connectivity index (χ4n) is 2.25. The highest BCUT2D eigenvalue weighted by Crippen LogP contribution is 2.18. The van der Waals surface area contributed by atoms with Crippen LogP contribution in [0.4, 0.5) is 0 Å². The molecule has 15 heavy (non-hydrogen) atoms. The van der Waals surface area contributed by atoms with E-state index in [1.54, 1.807) is 0 Å². The summed E-state index contributed by atoms with van der Waals surface area (Å²) in [6.07, 6.45) is 3.28. The van der Waals surface area contributed by atoms with Gasteiger partial charge in [0.15, 0.2) is 0 Å². The van der Waals surface area contributed by atoms with Gasteiger partial charge in [-0.15, -0.1) is 0 Å². The average Bonchev–Trinajstić information content (AvgIpc) is 2.25. The van der Waals surface area contributed by atoms with Crippen molar-refractivity contribution in [2.24, 2.45) is 5.92 Å². The third-order valence-electron chi connectivity index (χ3n) is 3.51. The number of rotatable bonds is 5. The summed E-state index contributed by atoms with van der Waals surface area (Å²) in [5.41, 5.74) is 0. The second-order valence-electron chi connectivity index (χ2n) is 4.92. The zero-order chi connectivity index (χ0) is 11.3. The predicted molar refractivity (Wildman–Crippen MR) is 64.0 cm³/mol. The smallest absolute Gasteiger partial charge is 0.0662 e. The lowest BCUT2D eigenvalue weighted by Gasteiger charge is -2.34. The minimum absolute atomic E-state index is 0.186. The van der Waals surface area contributed by atoms with Gasteiger partial charge < -0.3 is 15.3 Å². The molecular formula is C12H26N2O. The molecular weight excluding hydrogens is 188 g/mol. The van der Waals surface area contributed by atoms with Gasteiger partial charge in [0.2, 0.25) is 0 Å². The maximum atomic E-state index is 9.48. The summed E-state index contributed by atoms with van der Waals surface area (Å²) in [4.78, 5) is 2.41. The molecule has 0 aromatic heterocycles. The molecule has 0 aliphatic carbocycles. The fraction of sp³-hybridized carbons (Fsp3) is 1.00. The lowest BCUT2D eigenvalue weighted by Crippen LogP contribution is -2.44. The van der Waals surface area contributed by atoms with Crippen LogP contribution in [0.2, 0.25) is 0 Å². The Morgan fingerprint density at radius 2 is 2.27 bits per heavy atom. The van der Waals surface area contributed by atoms with Crippen LogP contribution in [0.15, 0.2) is 0 Å². The number of hydrogen-bond acceptors (Lipinski definition) is 3. The molecule has 3 atom stereocenters. The van der Waals surface area contributed by atoms with Crippen LogP contribution >= 0.6 is 0 Å². The van der Waals surface area contributed by atoms with Gasteiger partial charge in [-0.25, -0.2) is 0 Å². The number of likely N-dealkylation sites (tertiary alicyclic amines) is 1. The van der Waals surface area contributed by atoms with Gasteiger partial charge in [0, 0.05) is 19.1 Å². The third-order valence-corrected chi connectivity index (χ3v) is 3.51. The summed E-state index contributed by atoms with van der Waals surface area (Å²) >= 11 is 0. The Labute approximate surface area is 93.9 Å². The zero-order valence-corrected chi connectivity index (χ0v) is 10.4. The molecule has 1 aliphatic heterocycles. The first-order valence-corrected chi connectivity index (χ1v) is 6.23. The molecule has 0 spiro atoms. The van der Waals surface area contributed by atoms with Gasteiger partial charge in [-0.2, -0.15) is 0 Å². The average molecular weight is 214 g/mol. The van der Waals surface area contributed by atoms with Gasteiger partial charge in [-0.05, 0) is 45.7 Å².